The van der Waals surface area contributed by atoms with Crippen molar-refractivity contribution in [3.63, 3.8) is 0 Å². The van der Waals surface area contributed by atoms with Crippen molar-refractivity contribution in [3.05, 3.63) is 125 Å². The molecule has 1 nitrogen and oxygen atoms in total. The molecular formula is C30H19Cl2NS. The van der Waals surface area contributed by atoms with Crippen molar-refractivity contribution in [2.45, 2.75) is 0 Å². The lowest BCUT2D eigenvalue weighted by Crippen LogP contribution is -2.11. The van der Waals surface area contributed by atoms with Gasteiger partial charge < -0.3 is 4.90 Å². The second kappa shape index (κ2) is 8.81. The fourth-order valence-corrected chi connectivity index (χ4v) is 6.25. The Kier molecular flexibility index (Phi) is 5.50. The normalized spacial score (nSPS) is 11.2. The summed E-state index contributed by atoms with van der Waals surface area (Å²) in [6.07, 6.45) is 0. The van der Waals surface area contributed by atoms with Crippen molar-refractivity contribution in [2.75, 3.05) is 4.90 Å². The van der Waals surface area contributed by atoms with E-state index in [-0.39, 0.29) is 0 Å². The number of thiophene rings is 1. The van der Waals surface area contributed by atoms with E-state index in [2.05, 4.69) is 95.9 Å². The number of para-hydroxylation sites is 2. The van der Waals surface area contributed by atoms with Gasteiger partial charge in [0, 0.05) is 36.8 Å². The van der Waals surface area contributed by atoms with Gasteiger partial charge in [0.05, 0.1) is 16.1 Å². The maximum atomic E-state index is 6.39. The second-order valence-electron chi connectivity index (χ2n) is 8.10. The van der Waals surface area contributed by atoms with E-state index in [1.54, 1.807) is 6.07 Å². The molecule has 6 aromatic rings. The summed E-state index contributed by atoms with van der Waals surface area (Å²) in [7, 11) is 0. The summed E-state index contributed by atoms with van der Waals surface area (Å²) in [5, 5.41) is 3.79. The van der Waals surface area contributed by atoms with Crippen LogP contribution in [0.3, 0.4) is 0 Å². The molecule has 1 aromatic heterocycles. The van der Waals surface area contributed by atoms with Gasteiger partial charge in [-0.3, -0.25) is 0 Å². The number of rotatable bonds is 4. The largest absolute Gasteiger partial charge is 0.308 e. The van der Waals surface area contributed by atoms with E-state index in [9.17, 15) is 0 Å². The molecule has 0 radical (unpaired) electrons. The first-order valence-electron chi connectivity index (χ1n) is 11.0. The molecule has 0 amide bonds. The molecule has 34 heavy (non-hydrogen) atoms. The standard InChI is InChI=1S/C30H19Cl2NS/c31-21-17-20(18-22(32)19-21)24-11-4-6-14-27(24)33(23-9-2-1-3-10-23)28-15-8-13-26-25-12-5-7-16-29(25)34-30(26)28/h1-19H. The SMILES string of the molecule is Clc1cc(Cl)cc(-c2ccccc2N(c2ccccc2)c2cccc3c2sc2ccccc23)c1. The third kappa shape index (κ3) is 3.74. The summed E-state index contributed by atoms with van der Waals surface area (Å²) >= 11 is 14.6. The van der Waals surface area contributed by atoms with E-state index in [1.165, 1.54) is 20.2 Å². The molecule has 0 saturated heterocycles. The highest BCUT2D eigenvalue weighted by Crippen LogP contribution is 2.47. The van der Waals surface area contributed by atoms with Gasteiger partial charge >= 0.3 is 0 Å². The zero-order valence-electron chi connectivity index (χ0n) is 18.1. The first-order valence-corrected chi connectivity index (χ1v) is 12.6. The summed E-state index contributed by atoms with van der Waals surface area (Å²) in [6.45, 7) is 0. The summed E-state index contributed by atoms with van der Waals surface area (Å²) in [4.78, 5) is 2.34. The Hall–Kier alpha value is -3.30. The number of hydrogen-bond acceptors (Lipinski definition) is 2. The van der Waals surface area contributed by atoms with E-state index >= 15 is 0 Å². The Bertz CT molecular complexity index is 1620. The van der Waals surface area contributed by atoms with Crippen LogP contribution >= 0.6 is 34.5 Å². The molecule has 0 spiro atoms. The minimum atomic E-state index is 0.621. The first kappa shape index (κ1) is 21.2. The zero-order valence-corrected chi connectivity index (χ0v) is 20.4. The van der Waals surface area contributed by atoms with Gasteiger partial charge in [0.25, 0.3) is 0 Å². The summed E-state index contributed by atoms with van der Waals surface area (Å²) in [6, 6.07) is 39.8. The molecule has 0 saturated carbocycles. The fraction of sp³-hybridized carbons (Fsp3) is 0. The van der Waals surface area contributed by atoms with Gasteiger partial charge in [-0.15, -0.1) is 11.3 Å². The van der Waals surface area contributed by atoms with E-state index in [0.29, 0.717) is 10.0 Å². The number of fused-ring (bicyclic) bond motifs is 3. The molecular weight excluding hydrogens is 477 g/mol. The minimum Gasteiger partial charge on any atom is -0.308 e. The molecule has 0 bridgehead atoms. The van der Waals surface area contributed by atoms with Gasteiger partial charge in [0.1, 0.15) is 0 Å². The molecule has 0 atom stereocenters. The Morgan fingerprint density at radius 2 is 1.21 bits per heavy atom. The van der Waals surface area contributed by atoms with E-state index < -0.39 is 0 Å². The Morgan fingerprint density at radius 3 is 2.03 bits per heavy atom. The molecule has 6 rings (SSSR count). The van der Waals surface area contributed by atoms with Crippen LogP contribution in [0, 0.1) is 0 Å². The zero-order chi connectivity index (χ0) is 23.1. The van der Waals surface area contributed by atoms with Crippen molar-refractivity contribution >= 4 is 71.8 Å². The van der Waals surface area contributed by atoms with Crippen molar-refractivity contribution in [1.82, 2.24) is 0 Å². The number of hydrogen-bond donors (Lipinski definition) is 0. The monoisotopic (exact) mass is 495 g/mol. The van der Waals surface area contributed by atoms with E-state index in [1.807, 2.05) is 29.5 Å². The molecule has 0 unspecified atom stereocenters. The molecule has 1 heterocycles. The molecule has 0 aliphatic rings. The predicted molar refractivity (Wildman–Crippen MR) is 149 cm³/mol. The summed E-state index contributed by atoms with van der Waals surface area (Å²) < 4.78 is 2.54. The van der Waals surface area contributed by atoms with Gasteiger partial charge in [-0.05, 0) is 54.1 Å². The average Bonchev–Trinajstić information content (AvgIpc) is 3.24. The highest BCUT2D eigenvalue weighted by Gasteiger charge is 2.20. The van der Waals surface area contributed by atoms with E-state index in [4.69, 9.17) is 23.2 Å². The van der Waals surface area contributed by atoms with Crippen LogP contribution in [0.15, 0.2) is 115 Å². The van der Waals surface area contributed by atoms with Crippen LogP contribution in [0.1, 0.15) is 0 Å². The molecule has 5 aromatic carbocycles. The average molecular weight is 496 g/mol. The highest BCUT2D eigenvalue weighted by molar-refractivity contribution is 7.26. The quantitative estimate of drug-likeness (QED) is 0.235. The Labute approximate surface area is 212 Å². The van der Waals surface area contributed by atoms with Crippen LogP contribution in [-0.4, -0.2) is 0 Å². The van der Waals surface area contributed by atoms with Crippen molar-refractivity contribution in [2.24, 2.45) is 0 Å². The number of halogens is 2. The van der Waals surface area contributed by atoms with Gasteiger partial charge in [0.2, 0.25) is 0 Å². The second-order valence-corrected chi connectivity index (χ2v) is 10.0. The van der Waals surface area contributed by atoms with Crippen LogP contribution < -0.4 is 4.90 Å². The minimum absolute atomic E-state index is 0.621. The molecule has 0 N–H and O–H groups in total. The van der Waals surface area contributed by atoms with Gasteiger partial charge in [-0.2, -0.15) is 0 Å². The van der Waals surface area contributed by atoms with Crippen LogP contribution in [0.5, 0.6) is 0 Å². The van der Waals surface area contributed by atoms with Crippen LogP contribution in [0.25, 0.3) is 31.3 Å². The lowest BCUT2D eigenvalue weighted by molar-refractivity contribution is 1.30. The van der Waals surface area contributed by atoms with E-state index in [0.717, 1.165) is 28.2 Å². The maximum Gasteiger partial charge on any atom is 0.0640 e. The molecule has 0 fully saturated rings. The lowest BCUT2D eigenvalue weighted by Gasteiger charge is -2.28. The van der Waals surface area contributed by atoms with Crippen LogP contribution in [0.4, 0.5) is 17.1 Å². The summed E-state index contributed by atoms with van der Waals surface area (Å²) in [5.41, 5.74) is 5.35. The predicted octanol–water partition coefficient (Wildman–Crippen LogP) is 10.5. The highest BCUT2D eigenvalue weighted by atomic mass is 35.5. The third-order valence-corrected chi connectivity index (χ3v) is 7.60. The maximum absolute atomic E-state index is 6.39. The molecule has 0 aliphatic carbocycles. The Balaban J connectivity index is 1.66. The number of anilines is 3. The third-order valence-electron chi connectivity index (χ3n) is 5.96. The first-order chi connectivity index (χ1) is 16.7. The fourth-order valence-electron chi connectivity index (χ4n) is 4.52. The lowest BCUT2D eigenvalue weighted by atomic mass is 10.0. The molecule has 0 aliphatic heterocycles. The van der Waals surface area contributed by atoms with Gasteiger partial charge in [0.15, 0.2) is 0 Å². The molecule has 164 valence electrons. The number of benzene rings is 5. The topological polar surface area (TPSA) is 3.24 Å². The molecule has 4 heteroatoms. The van der Waals surface area contributed by atoms with Gasteiger partial charge in [-0.25, -0.2) is 0 Å². The van der Waals surface area contributed by atoms with Gasteiger partial charge in [-0.1, -0.05) is 89.9 Å². The smallest absolute Gasteiger partial charge is 0.0640 e. The van der Waals surface area contributed by atoms with Crippen molar-refractivity contribution in [1.29, 1.82) is 0 Å². The van der Waals surface area contributed by atoms with Crippen LogP contribution in [-0.2, 0) is 0 Å². The number of nitrogens with zero attached hydrogens (tertiary/aromatic N) is 1. The van der Waals surface area contributed by atoms with Crippen molar-refractivity contribution in [3.8, 4) is 11.1 Å². The van der Waals surface area contributed by atoms with Crippen LogP contribution in [0.2, 0.25) is 10.0 Å². The Morgan fingerprint density at radius 1 is 0.559 bits per heavy atom. The summed E-state index contributed by atoms with van der Waals surface area (Å²) in [5.74, 6) is 0. The van der Waals surface area contributed by atoms with Crippen molar-refractivity contribution < 1.29 is 0 Å².